The van der Waals surface area contributed by atoms with Crippen LogP contribution in [-0.4, -0.2) is 4.98 Å². The quantitative estimate of drug-likeness (QED) is 0.722. The highest BCUT2D eigenvalue weighted by atomic mass is 79.9. The second kappa shape index (κ2) is 6.35. The van der Waals surface area contributed by atoms with E-state index in [1.807, 2.05) is 13.0 Å². The van der Waals surface area contributed by atoms with Crippen LogP contribution in [0.15, 0.2) is 34.8 Å². The maximum Gasteiger partial charge on any atom is 0.219 e. The summed E-state index contributed by atoms with van der Waals surface area (Å²) in [5.41, 5.74) is 1.82. The van der Waals surface area contributed by atoms with E-state index in [0.29, 0.717) is 22.0 Å². The number of aromatic nitrogens is 1. The van der Waals surface area contributed by atoms with Gasteiger partial charge in [-0.3, -0.25) is 0 Å². The van der Waals surface area contributed by atoms with E-state index in [9.17, 15) is 4.39 Å². The van der Waals surface area contributed by atoms with Crippen LogP contribution in [0.2, 0.25) is 0 Å². The number of ether oxygens (including phenoxy) is 1. The van der Waals surface area contributed by atoms with Crippen molar-refractivity contribution >= 4 is 27.5 Å². The number of hydrogen-bond donors (Lipinski definition) is 0. The lowest BCUT2D eigenvalue weighted by Gasteiger charge is -2.09. The summed E-state index contributed by atoms with van der Waals surface area (Å²) < 4.78 is 19.5. The van der Waals surface area contributed by atoms with E-state index in [4.69, 9.17) is 16.3 Å². The highest BCUT2D eigenvalue weighted by molar-refractivity contribution is 9.10. The fraction of sp³-hybridized carbons (Fsp3) is 0.214. The Hall–Kier alpha value is -1.13. The second-order valence-corrected chi connectivity index (χ2v) is 5.09. The SMILES string of the molecule is CCc1cc(CCl)cc(Oc2cc(F)ccc2Br)n1. The molecule has 0 aliphatic carbocycles. The summed E-state index contributed by atoms with van der Waals surface area (Å²) in [4.78, 5) is 4.34. The monoisotopic (exact) mass is 343 g/mol. The number of nitrogens with zero attached hydrogens (tertiary/aromatic N) is 1. The van der Waals surface area contributed by atoms with E-state index >= 15 is 0 Å². The minimum atomic E-state index is -0.359. The molecule has 1 aromatic carbocycles. The average Bonchev–Trinajstić information content (AvgIpc) is 2.42. The van der Waals surface area contributed by atoms with Crippen LogP contribution < -0.4 is 4.74 Å². The van der Waals surface area contributed by atoms with Crippen LogP contribution in [0.3, 0.4) is 0 Å². The first kappa shape index (κ1) is 14.3. The molecule has 1 heterocycles. The first-order valence-electron chi connectivity index (χ1n) is 5.81. The summed E-state index contributed by atoms with van der Waals surface area (Å²) in [6.45, 7) is 2.00. The molecule has 2 nitrogen and oxygen atoms in total. The molecule has 5 heteroatoms. The van der Waals surface area contributed by atoms with Crippen LogP contribution in [0.5, 0.6) is 11.6 Å². The highest BCUT2D eigenvalue weighted by Gasteiger charge is 2.08. The zero-order valence-electron chi connectivity index (χ0n) is 10.3. The predicted octanol–water partition coefficient (Wildman–Crippen LogP) is 5.08. The summed E-state index contributed by atoms with van der Waals surface area (Å²) >= 11 is 9.15. The molecule has 0 unspecified atom stereocenters. The summed E-state index contributed by atoms with van der Waals surface area (Å²) in [6.07, 6.45) is 0.783. The topological polar surface area (TPSA) is 22.1 Å². The third-order valence-corrected chi connectivity index (χ3v) is 3.50. The Morgan fingerprint density at radius 2 is 2.11 bits per heavy atom. The predicted molar refractivity (Wildman–Crippen MR) is 77.3 cm³/mol. The largest absolute Gasteiger partial charge is 0.438 e. The van der Waals surface area contributed by atoms with Crippen molar-refractivity contribution < 1.29 is 9.13 Å². The maximum atomic E-state index is 13.2. The van der Waals surface area contributed by atoms with E-state index in [-0.39, 0.29) is 5.82 Å². The highest BCUT2D eigenvalue weighted by Crippen LogP contribution is 2.30. The Kier molecular flexibility index (Phi) is 4.77. The summed E-state index contributed by atoms with van der Waals surface area (Å²) in [6, 6.07) is 7.95. The molecular formula is C14H12BrClFNO. The van der Waals surface area contributed by atoms with Crippen LogP contribution in [0.1, 0.15) is 18.2 Å². The number of rotatable bonds is 4. The molecule has 0 aliphatic rings. The van der Waals surface area contributed by atoms with Crippen LogP contribution in [0.4, 0.5) is 4.39 Å². The molecule has 0 saturated heterocycles. The molecule has 0 atom stereocenters. The van der Waals surface area contributed by atoms with Crippen LogP contribution in [0, 0.1) is 5.82 Å². The van der Waals surface area contributed by atoms with Crippen molar-refractivity contribution in [2.45, 2.75) is 19.2 Å². The molecular weight excluding hydrogens is 333 g/mol. The molecule has 0 amide bonds. The summed E-state index contributed by atoms with van der Waals surface area (Å²) in [5.74, 6) is 0.834. The summed E-state index contributed by atoms with van der Waals surface area (Å²) in [7, 11) is 0. The average molecular weight is 345 g/mol. The van der Waals surface area contributed by atoms with Gasteiger partial charge >= 0.3 is 0 Å². The van der Waals surface area contributed by atoms with Crippen molar-refractivity contribution in [3.05, 3.63) is 51.9 Å². The third kappa shape index (κ3) is 3.67. The van der Waals surface area contributed by atoms with Crippen molar-refractivity contribution in [2.75, 3.05) is 0 Å². The Bertz CT molecular complexity index is 569. The molecule has 0 N–H and O–H groups in total. The summed E-state index contributed by atoms with van der Waals surface area (Å²) in [5, 5.41) is 0. The molecule has 2 aromatic rings. The van der Waals surface area contributed by atoms with Crippen molar-refractivity contribution in [1.82, 2.24) is 4.98 Å². The Morgan fingerprint density at radius 3 is 2.79 bits per heavy atom. The van der Waals surface area contributed by atoms with Gasteiger partial charge in [-0.05, 0) is 46.1 Å². The van der Waals surface area contributed by atoms with Crippen molar-refractivity contribution in [1.29, 1.82) is 0 Å². The minimum Gasteiger partial charge on any atom is -0.438 e. The van der Waals surface area contributed by atoms with E-state index in [1.165, 1.54) is 12.1 Å². The van der Waals surface area contributed by atoms with Crippen molar-refractivity contribution in [3.8, 4) is 11.6 Å². The molecule has 0 radical (unpaired) electrons. The van der Waals surface area contributed by atoms with Gasteiger partial charge in [0.1, 0.15) is 11.6 Å². The van der Waals surface area contributed by atoms with Crippen molar-refractivity contribution in [3.63, 3.8) is 0 Å². The van der Waals surface area contributed by atoms with Gasteiger partial charge in [-0.15, -0.1) is 11.6 Å². The van der Waals surface area contributed by atoms with E-state index in [2.05, 4.69) is 20.9 Å². The van der Waals surface area contributed by atoms with Gasteiger partial charge in [0, 0.05) is 23.7 Å². The first-order valence-corrected chi connectivity index (χ1v) is 7.14. The van der Waals surface area contributed by atoms with E-state index in [1.54, 1.807) is 12.1 Å². The van der Waals surface area contributed by atoms with E-state index in [0.717, 1.165) is 17.7 Å². The molecule has 0 aliphatic heterocycles. The van der Waals surface area contributed by atoms with Gasteiger partial charge in [0.25, 0.3) is 0 Å². The lowest BCUT2D eigenvalue weighted by molar-refractivity contribution is 0.453. The van der Waals surface area contributed by atoms with Gasteiger partial charge in [0.05, 0.1) is 4.47 Å². The normalized spacial score (nSPS) is 10.5. The molecule has 100 valence electrons. The number of alkyl halides is 1. The third-order valence-electron chi connectivity index (χ3n) is 2.54. The standard InChI is InChI=1S/C14H12BrClFNO/c1-2-11-5-9(8-16)6-14(18-11)19-13-7-10(17)3-4-12(13)15/h3-7H,2,8H2,1H3. The fourth-order valence-corrected chi connectivity index (χ4v) is 2.08. The van der Waals surface area contributed by atoms with Crippen LogP contribution in [0.25, 0.3) is 0 Å². The minimum absolute atomic E-state index is 0.359. The van der Waals surface area contributed by atoms with Gasteiger partial charge in [-0.2, -0.15) is 0 Å². The number of halogens is 3. The van der Waals surface area contributed by atoms with Gasteiger partial charge in [0.15, 0.2) is 0 Å². The Labute approximate surface area is 124 Å². The Balaban J connectivity index is 2.34. The zero-order chi connectivity index (χ0) is 13.8. The smallest absolute Gasteiger partial charge is 0.219 e. The molecule has 2 rings (SSSR count). The molecule has 0 spiro atoms. The number of hydrogen-bond acceptors (Lipinski definition) is 2. The number of benzene rings is 1. The van der Waals surface area contributed by atoms with Crippen molar-refractivity contribution in [2.24, 2.45) is 0 Å². The molecule has 0 fully saturated rings. The van der Waals surface area contributed by atoms with E-state index < -0.39 is 0 Å². The molecule has 1 aromatic heterocycles. The van der Waals surface area contributed by atoms with Gasteiger partial charge in [-0.25, -0.2) is 9.37 Å². The van der Waals surface area contributed by atoms with Gasteiger partial charge in [0.2, 0.25) is 5.88 Å². The fourth-order valence-electron chi connectivity index (χ4n) is 1.60. The maximum absolute atomic E-state index is 13.2. The second-order valence-electron chi connectivity index (χ2n) is 3.97. The lowest BCUT2D eigenvalue weighted by atomic mass is 10.2. The van der Waals surface area contributed by atoms with Crippen LogP contribution >= 0.6 is 27.5 Å². The zero-order valence-corrected chi connectivity index (χ0v) is 12.6. The Morgan fingerprint density at radius 1 is 1.32 bits per heavy atom. The number of pyridine rings is 1. The van der Waals surface area contributed by atoms with Gasteiger partial charge in [-0.1, -0.05) is 6.92 Å². The molecule has 0 bridgehead atoms. The van der Waals surface area contributed by atoms with Gasteiger partial charge < -0.3 is 4.74 Å². The number of aryl methyl sites for hydroxylation is 1. The lowest BCUT2D eigenvalue weighted by Crippen LogP contribution is -1.95. The first-order chi connectivity index (χ1) is 9.12. The molecule has 19 heavy (non-hydrogen) atoms. The molecule has 0 saturated carbocycles. The van der Waals surface area contributed by atoms with Crippen LogP contribution in [-0.2, 0) is 12.3 Å².